The highest BCUT2D eigenvalue weighted by molar-refractivity contribution is 6.35. The van der Waals surface area contributed by atoms with Crippen molar-refractivity contribution in [2.24, 2.45) is 22.4 Å². The summed E-state index contributed by atoms with van der Waals surface area (Å²) in [6.07, 6.45) is 6.43. The number of hydrogen-bond acceptors (Lipinski definition) is 3. The maximum atomic E-state index is 12.5. The molecule has 2 aromatic carbocycles. The molecule has 2 saturated carbocycles. The molecule has 1 amide bonds. The van der Waals surface area contributed by atoms with E-state index in [-0.39, 0.29) is 17.2 Å². The van der Waals surface area contributed by atoms with Gasteiger partial charge in [0.2, 0.25) is 5.91 Å². The zero-order valence-corrected chi connectivity index (χ0v) is 17.8. The van der Waals surface area contributed by atoms with Crippen LogP contribution in [0.15, 0.2) is 47.6 Å². The topological polar surface area (TPSA) is 50.7 Å². The van der Waals surface area contributed by atoms with Gasteiger partial charge in [0.25, 0.3) is 0 Å². The molecule has 0 aromatic heterocycles. The minimum Gasteiger partial charge on any atom is -0.489 e. The molecule has 29 heavy (non-hydrogen) atoms. The van der Waals surface area contributed by atoms with E-state index in [9.17, 15) is 4.79 Å². The molecule has 1 N–H and O–H groups in total. The fourth-order valence-electron chi connectivity index (χ4n) is 4.57. The van der Waals surface area contributed by atoms with Gasteiger partial charge in [-0.25, -0.2) is 5.43 Å². The molecule has 2 aliphatic carbocycles. The SMILES string of the molecule is C[C@]12CCCC[C@@H]1[C@@H]2C(=O)N/N=C\c1cccc(OCc2ccc(Cl)cc2Cl)c1. The van der Waals surface area contributed by atoms with Gasteiger partial charge < -0.3 is 4.74 Å². The Morgan fingerprint density at radius 2 is 2.14 bits per heavy atom. The van der Waals surface area contributed by atoms with E-state index < -0.39 is 0 Å². The molecule has 2 aromatic rings. The first-order valence-electron chi connectivity index (χ1n) is 9.97. The van der Waals surface area contributed by atoms with Crippen molar-refractivity contribution in [3.63, 3.8) is 0 Å². The summed E-state index contributed by atoms with van der Waals surface area (Å²) < 4.78 is 5.83. The third kappa shape index (κ3) is 4.44. The monoisotopic (exact) mass is 430 g/mol. The maximum Gasteiger partial charge on any atom is 0.244 e. The highest BCUT2D eigenvalue weighted by Gasteiger charge is 2.64. The predicted octanol–water partition coefficient (Wildman–Crippen LogP) is 5.85. The van der Waals surface area contributed by atoms with Crippen LogP contribution in [-0.4, -0.2) is 12.1 Å². The van der Waals surface area contributed by atoms with Gasteiger partial charge in [-0.1, -0.05) is 61.2 Å². The number of hydrazone groups is 1. The van der Waals surface area contributed by atoms with Crippen molar-refractivity contribution in [1.82, 2.24) is 5.43 Å². The Morgan fingerprint density at radius 3 is 2.90 bits per heavy atom. The number of nitrogens with one attached hydrogen (secondary N) is 1. The first kappa shape index (κ1) is 20.2. The number of halogens is 2. The molecule has 0 heterocycles. The van der Waals surface area contributed by atoms with E-state index >= 15 is 0 Å². The molecule has 0 aliphatic heterocycles. The molecule has 4 nitrogen and oxygen atoms in total. The van der Waals surface area contributed by atoms with Gasteiger partial charge in [0.1, 0.15) is 12.4 Å². The lowest BCUT2D eigenvalue weighted by molar-refractivity contribution is -0.123. The number of amides is 1. The van der Waals surface area contributed by atoms with E-state index in [1.165, 1.54) is 12.8 Å². The Kier molecular flexibility index (Phi) is 5.84. The second kappa shape index (κ2) is 8.37. The average molecular weight is 431 g/mol. The summed E-state index contributed by atoms with van der Waals surface area (Å²) in [5, 5.41) is 5.33. The number of carbonyl (C=O) groups is 1. The molecule has 0 saturated heterocycles. The van der Waals surface area contributed by atoms with Gasteiger partial charge in [0.05, 0.1) is 6.21 Å². The minimum absolute atomic E-state index is 0.0421. The van der Waals surface area contributed by atoms with Gasteiger partial charge >= 0.3 is 0 Å². The van der Waals surface area contributed by atoms with Crippen LogP contribution in [0.5, 0.6) is 5.75 Å². The number of benzene rings is 2. The number of ether oxygens (including phenoxy) is 1. The lowest BCUT2D eigenvalue weighted by Gasteiger charge is -2.15. The molecule has 0 radical (unpaired) electrons. The van der Waals surface area contributed by atoms with Crippen molar-refractivity contribution in [2.45, 2.75) is 39.2 Å². The van der Waals surface area contributed by atoms with Gasteiger partial charge in [0.15, 0.2) is 0 Å². The Balaban J connectivity index is 1.32. The summed E-state index contributed by atoms with van der Waals surface area (Å²) in [5.74, 6) is 1.39. The van der Waals surface area contributed by atoms with Crippen molar-refractivity contribution in [3.05, 3.63) is 63.6 Å². The van der Waals surface area contributed by atoms with Crippen LogP contribution >= 0.6 is 23.2 Å². The van der Waals surface area contributed by atoms with Crippen LogP contribution in [0.1, 0.15) is 43.7 Å². The van der Waals surface area contributed by atoms with Crippen LogP contribution in [0.3, 0.4) is 0 Å². The molecule has 0 unspecified atom stereocenters. The van der Waals surface area contributed by atoms with Crippen LogP contribution in [0, 0.1) is 17.3 Å². The summed E-state index contributed by atoms with van der Waals surface area (Å²) in [6, 6.07) is 12.9. The fraction of sp³-hybridized carbons (Fsp3) is 0.391. The molecule has 0 spiro atoms. The van der Waals surface area contributed by atoms with Gasteiger partial charge in [-0.15, -0.1) is 0 Å². The van der Waals surface area contributed by atoms with E-state index in [0.29, 0.717) is 28.3 Å². The standard InChI is InChI=1S/C23H24Cl2N2O2/c1-23-10-3-2-7-19(23)21(23)22(28)27-26-13-15-5-4-6-18(11-15)29-14-16-8-9-17(24)12-20(16)25/h4-6,8-9,11-13,19,21H,2-3,7,10,14H2,1H3,(H,27,28)/b26-13-/t19-,21-,23+/m1/s1. The van der Waals surface area contributed by atoms with E-state index in [1.807, 2.05) is 30.3 Å². The number of rotatable bonds is 6. The summed E-state index contributed by atoms with van der Waals surface area (Å²) >= 11 is 12.1. The Bertz CT molecular complexity index is 946. The van der Waals surface area contributed by atoms with Crippen molar-refractivity contribution in [2.75, 3.05) is 0 Å². The van der Waals surface area contributed by atoms with Crippen LogP contribution in [-0.2, 0) is 11.4 Å². The first-order valence-corrected chi connectivity index (χ1v) is 10.7. The van der Waals surface area contributed by atoms with Crippen molar-refractivity contribution in [3.8, 4) is 5.75 Å². The number of hydrogen-bond donors (Lipinski definition) is 1. The third-order valence-corrected chi connectivity index (χ3v) is 6.86. The molecule has 0 bridgehead atoms. The summed E-state index contributed by atoms with van der Waals surface area (Å²) in [6.45, 7) is 2.58. The lowest BCUT2D eigenvalue weighted by Crippen LogP contribution is -2.22. The van der Waals surface area contributed by atoms with Crippen LogP contribution in [0.25, 0.3) is 0 Å². The van der Waals surface area contributed by atoms with E-state index in [0.717, 1.165) is 24.0 Å². The van der Waals surface area contributed by atoms with Crippen molar-refractivity contribution >= 4 is 35.3 Å². The van der Waals surface area contributed by atoms with Gasteiger partial charge in [0, 0.05) is 21.5 Å². The summed E-state index contributed by atoms with van der Waals surface area (Å²) in [5.41, 5.74) is 4.63. The smallest absolute Gasteiger partial charge is 0.244 e. The average Bonchev–Trinajstić information content (AvgIpc) is 3.33. The Hall–Kier alpha value is -2.04. The maximum absolute atomic E-state index is 12.5. The highest BCUT2D eigenvalue weighted by atomic mass is 35.5. The molecular formula is C23H24Cl2N2O2. The molecule has 6 heteroatoms. The van der Waals surface area contributed by atoms with Crippen LogP contribution < -0.4 is 10.2 Å². The van der Waals surface area contributed by atoms with Crippen LogP contribution in [0.2, 0.25) is 10.0 Å². The van der Waals surface area contributed by atoms with Gasteiger partial charge in [-0.05, 0) is 54.0 Å². The predicted molar refractivity (Wildman–Crippen MR) is 117 cm³/mol. The van der Waals surface area contributed by atoms with E-state index in [1.54, 1.807) is 18.3 Å². The second-order valence-corrected chi connectivity index (χ2v) is 9.01. The minimum atomic E-state index is 0.0421. The van der Waals surface area contributed by atoms with E-state index in [2.05, 4.69) is 17.5 Å². The Labute approximate surface area is 181 Å². The third-order valence-electron chi connectivity index (χ3n) is 6.27. The van der Waals surface area contributed by atoms with E-state index in [4.69, 9.17) is 27.9 Å². The van der Waals surface area contributed by atoms with Crippen molar-refractivity contribution in [1.29, 1.82) is 0 Å². The molecule has 3 atom stereocenters. The fourth-order valence-corrected chi connectivity index (χ4v) is 5.04. The van der Waals surface area contributed by atoms with Crippen LogP contribution in [0.4, 0.5) is 0 Å². The summed E-state index contributed by atoms with van der Waals surface area (Å²) in [7, 11) is 0. The number of carbonyl (C=O) groups excluding carboxylic acids is 1. The number of nitrogens with zero attached hydrogens (tertiary/aromatic N) is 1. The quantitative estimate of drug-likeness (QED) is 0.461. The summed E-state index contributed by atoms with van der Waals surface area (Å²) in [4.78, 5) is 12.5. The zero-order chi connectivity index (χ0) is 20.4. The van der Waals surface area contributed by atoms with Gasteiger partial charge in [-0.3, -0.25) is 4.79 Å². The molecule has 4 rings (SSSR count). The normalized spacial score (nSPS) is 25.5. The lowest BCUT2D eigenvalue weighted by atomic mass is 9.90. The Morgan fingerprint density at radius 1 is 1.28 bits per heavy atom. The molecule has 2 aliphatic rings. The van der Waals surface area contributed by atoms with Crippen molar-refractivity contribution < 1.29 is 9.53 Å². The highest BCUT2D eigenvalue weighted by Crippen LogP contribution is 2.66. The molecule has 2 fully saturated rings. The largest absolute Gasteiger partial charge is 0.489 e. The van der Waals surface area contributed by atoms with Gasteiger partial charge in [-0.2, -0.15) is 5.10 Å². The second-order valence-electron chi connectivity index (χ2n) is 8.17. The molecule has 152 valence electrons. The zero-order valence-electron chi connectivity index (χ0n) is 16.3. The first-order chi connectivity index (χ1) is 14.0. The number of fused-ring (bicyclic) bond motifs is 1. The molecular weight excluding hydrogens is 407 g/mol.